The molecular weight excluding hydrogens is 152 g/mol. The quantitative estimate of drug-likeness (QED) is 0.583. The molecular formula is C9H16N2O. The molecule has 0 radical (unpaired) electrons. The number of carbonyl (C=O) groups excluding carboxylic acids is 1. The lowest BCUT2D eigenvalue weighted by atomic mass is 9.84. The standard InChI is InChI=1S/C9H16N2O/c1-11-9(12)7-5-2-3-6(4-5)8(7)10/h5-8H,2-4,10H2,1H3,(H,11,12)/t5-,6+,7+,8-/m1/s1. The van der Waals surface area contributed by atoms with E-state index in [1.54, 1.807) is 7.05 Å². The Labute approximate surface area is 72.7 Å². The molecule has 2 rings (SSSR count). The van der Waals surface area contributed by atoms with Gasteiger partial charge in [-0.1, -0.05) is 0 Å². The lowest BCUT2D eigenvalue weighted by Gasteiger charge is -2.26. The molecule has 0 spiro atoms. The second-order valence-corrected chi connectivity index (χ2v) is 4.05. The number of nitrogens with one attached hydrogen (secondary N) is 1. The van der Waals surface area contributed by atoms with Gasteiger partial charge in [0.15, 0.2) is 0 Å². The zero-order chi connectivity index (χ0) is 8.72. The minimum absolute atomic E-state index is 0.105. The third kappa shape index (κ3) is 0.959. The molecule has 3 nitrogen and oxygen atoms in total. The van der Waals surface area contributed by atoms with Crippen LogP contribution in [0, 0.1) is 17.8 Å². The van der Waals surface area contributed by atoms with E-state index in [1.165, 1.54) is 19.3 Å². The minimum Gasteiger partial charge on any atom is -0.359 e. The summed E-state index contributed by atoms with van der Waals surface area (Å²) < 4.78 is 0. The Hall–Kier alpha value is -0.570. The maximum absolute atomic E-state index is 11.4. The molecule has 68 valence electrons. The first-order valence-electron chi connectivity index (χ1n) is 4.71. The zero-order valence-corrected chi connectivity index (χ0v) is 7.42. The highest BCUT2D eigenvalue weighted by molar-refractivity contribution is 5.80. The second kappa shape index (κ2) is 2.73. The molecule has 0 aromatic rings. The molecule has 2 fully saturated rings. The predicted molar refractivity (Wildman–Crippen MR) is 46.4 cm³/mol. The van der Waals surface area contributed by atoms with Gasteiger partial charge in [-0.15, -0.1) is 0 Å². The van der Waals surface area contributed by atoms with Gasteiger partial charge >= 0.3 is 0 Å². The van der Waals surface area contributed by atoms with Crippen molar-refractivity contribution in [3.05, 3.63) is 0 Å². The van der Waals surface area contributed by atoms with E-state index in [0.29, 0.717) is 11.8 Å². The Morgan fingerprint density at radius 1 is 1.42 bits per heavy atom. The molecule has 0 saturated heterocycles. The molecule has 2 bridgehead atoms. The van der Waals surface area contributed by atoms with Gasteiger partial charge in [0.2, 0.25) is 5.91 Å². The van der Waals surface area contributed by atoms with E-state index in [1.807, 2.05) is 0 Å². The number of amides is 1. The van der Waals surface area contributed by atoms with E-state index >= 15 is 0 Å². The van der Waals surface area contributed by atoms with Gasteiger partial charge in [0, 0.05) is 13.1 Å². The van der Waals surface area contributed by atoms with Gasteiger partial charge in [-0.3, -0.25) is 4.79 Å². The van der Waals surface area contributed by atoms with Crippen molar-refractivity contribution in [1.29, 1.82) is 0 Å². The summed E-state index contributed by atoms with van der Waals surface area (Å²) in [4.78, 5) is 11.4. The number of carbonyl (C=O) groups is 1. The summed E-state index contributed by atoms with van der Waals surface area (Å²) >= 11 is 0. The molecule has 2 aliphatic rings. The topological polar surface area (TPSA) is 55.1 Å². The van der Waals surface area contributed by atoms with Crippen LogP contribution in [0.3, 0.4) is 0 Å². The van der Waals surface area contributed by atoms with Crippen LogP contribution in [-0.4, -0.2) is 19.0 Å². The van der Waals surface area contributed by atoms with E-state index in [2.05, 4.69) is 5.32 Å². The molecule has 0 aromatic carbocycles. The number of hydrogen-bond donors (Lipinski definition) is 2. The highest BCUT2D eigenvalue weighted by atomic mass is 16.1. The Morgan fingerprint density at radius 3 is 2.58 bits per heavy atom. The van der Waals surface area contributed by atoms with Crippen LogP contribution in [0.1, 0.15) is 19.3 Å². The molecule has 0 unspecified atom stereocenters. The fraction of sp³-hybridized carbons (Fsp3) is 0.889. The first-order chi connectivity index (χ1) is 5.74. The number of fused-ring (bicyclic) bond motifs is 2. The molecule has 2 saturated carbocycles. The van der Waals surface area contributed by atoms with Crippen LogP contribution in [0.25, 0.3) is 0 Å². The van der Waals surface area contributed by atoms with Gasteiger partial charge in [-0.05, 0) is 31.1 Å². The van der Waals surface area contributed by atoms with Crippen LogP contribution in [0.5, 0.6) is 0 Å². The van der Waals surface area contributed by atoms with E-state index < -0.39 is 0 Å². The summed E-state index contributed by atoms with van der Waals surface area (Å²) in [6.07, 6.45) is 3.62. The van der Waals surface area contributed by atoms with Crippen molar-refractivity contribution in [2.75, 3.05) is 7.05 Å². The minimum atomic E-state index is 0.105. The monoisotopic (exact) mass is 168 g/mol. The van der Waals surface area contributed by atoms with E-state index in [-0.39, 0.29) is 17.9 Å². The van der Waals surface area contributed by atoms with Crippen molar-refractivity contribution in [2.45, 2.75) is 25.3 Å². The van der Waals surface area contributed by atoms with Gasteiger partial charge in [0.05, 0.1) is 5.92 Å². The summed E-state index contributed by atoms with van der Waals surface area (Å²) in [7, 11) is 1.70. The van der Waals surface area contributed by atoms with E-state index in [4.69, 9.17) is 5.73 Å². The van der Waals surface area contributed by atoms with Gasteiger partial charge in [-0.25, -0.2) is 0 Å². The molecule has 0 heterocycles. The first-order valence-corrected chi connectivity index (χ1v) is 4.71. The zero-order valence-electron chi connectivity index (χ0n) is 7.42. The van der Waals surface area contributed by atoms with Crippen molar-refractivity contribution >= 4 is 5.91 Å². The Bertz CT molecular complexity index is 203. The lowest BCUT2D eigenvalue weighted by molar-refractivity contribution is -0.126. The van der Waals surface area contributed by atoms with Crippen molar-refractivity contribution in [2.24, 2.45) is 23.5 Å². The largest absolute Gasteiger partial charge is 0.359 e. The van der Waals surface area contributed by atoms with Crippen LogP contribution in [0.15, 0.2) is 0 Å². The molecule has 0 aromatic heterocycles. The van der Waals surface area contributed by atoms with Crippen LogP contribution >= 0.6 is 0 Å². The Kier molecular flexibility index (Phi) is 1.83. The van der Waals surface area contributed by atoms with Gasteiger partial charge < -0.3 is 11.1 Å². The highest BCUT2D eigenvalue weighted by Gasteiger charge is 2.48. The maximum Gasteiger partial charge on any atom is 0.224 e. The van der Waals surface area contributed by atoms with Crippen LogP contribution in [-0.2, 0) is 4.79 Å². The molecule has 1 amide bonds. The molecule has 3 heteroatoms. The van der Waals surface area contributed by atoms with Gasteiger partial charge in [0.25, 0.3) is 0 Å². The Morgan fingerprint density at radius 2 is 2.08 bits per heavy atom. The fourth-order valence-electron chi connectivity index (χ4n) is 2.89. The second-order valence-electron chi connectivity index (χ2n) is 4.05. The molecule has 3 N–H and O–H groups in total. The molecule has 0 aliphatic heterocycles. The smallest absolute Gasteiger partial charge is 0.224 e. The van der Waals surface area contributed by atoms with Crippen LogP contribution in [0.4, 0.5) is 0 Å². The summed E-state index contributed by atoms with van der Waals surface area (Å²) in [6, 6.07) is 0.128. The maximum atomic E-state index is 11.4. The average Bonchev–Trinajstić information content (AvgIpc) is 2.63. The first kappa shape index (κ1) is 8.05. The predicted octanol–water partition coefficient (Wildman–Crippen LogP) is 0.106. The average molecular weight is 168 g/mol. The summed E-state index contributed by atoms with van der Waals surface area (Å²) in [5.74, 6) is 1.45. The molecule has 2 aliphatic carbocycles. The van der Waals surface area contributed by atoms with Crippen LogP contribution in [0.2, 0.25) is 0 Å². The molecule has 4 atom stereocenters. The lowest BCUT2D eigenvalue weighted by Crippen LogP contribution is -2.44. The highest BCUT2D eigenvalue weighted by Crippen LogP contribution is 2.47. The summed E-state index contributed by atoms with van der Waals surface area (Å²) in [5, 5.41) is 2.70. The number of rotatable bonds is 1. The molecule has 12 heavy (non-hydrogen) atoms. The fourth-order valence-corrected chi connectivity index (χ4v) is 2.89. The van der Waals surface area contributed by atoms with Gasteiger partial charge in [-0.2, -0.15) is 0 Å². The SMILES string of the molecule is CNC(=O)[C@H]1[C@@H]2CC[C@@H](C2)[C@H]1N. The van der Waals surface area contributed by atoms with Crippen molar-refractivity contribution in [3.8, 4) is 0 Å². The van der Waals surface area contributed by atoms with E-state index in [9.17, 15) is 4.79 Å². The van der Waals surface area contributed by atoms with Crippen LogP contribution < -0.4 is 11.1 Å². The number of nitrogens with two attached hydrogens (primary N) is 1. The summed E-state index contributed by atoms with van der Waals surface area (Å²) in [5.41, 5.74) is 5.98. The van der Waals surface area contributed by atoms with Crippen molar-refractivity contribution < 1.29 is 4.79 Å². The Balaban J connectivity index is 2.12. The third-order valence-corrected chi connectivity index (χ3v) is 3.53. The number of hydrogen-bond acceptors (Lipinski definition) is 2. The van der Waals surface area contributed by atoms with E-state index in [0.717, 1.165) is 0 Å². The summed E-state index contributed by atoms with van der Waals surface area (Å²) in [6.45, 7) is 0. The van der Waals surface area contributed by atoms with Crippen molar-refractivity contribution in [1.82, 2.24) is 5.32 Å². The van der Waals surface area contributed by atoms with Crippen molar-refractivity contribution in [3.63, 3.8) is 0 Å². The third-order valence-electron chi connectivity index (χ3n) is 3.53. The normalized spacial score (nSPS) is 44.8. The van der Waals surface area contributed by atoms with Gasteiger partial charge in [0.1, 0.15) is 0 Å².